The average molecular weight is 2230 g/mol. The highest BCUT2D eigenvalue weighted by Crippen LogP contribution is 2.63. The van der Waals surface area contributed by atoms with Crippen LogP contribution in [0.25, 0.3) is 305 Å². The highest BCUT2D eigenvalue weighted by Gasteiger charge is 2.52. The maximum atomic E-state index is 6.32. The molecule has 0 N–H and O–H groups in total. The monoisotopic (exact) mass is 2220 g/mol. The number of nitrogens with zero attached hydrogens (tertiary/aromatic N) is 2. The summed E-state index contributed by atoms with van der Waals surface area (Å²) in [5.41, 5.74) is 19.1. The first kappa shape index (κ1) is 89.1. The number of halogens is 5. The second kappa shape index (κ2) is 33.2. The van der Waals surface area contributed by atoms with Crippen LogP contribution in [0.1, 0.15) is 35.1 Å². The van der Waals surface area contributed by atoms with Crippen LogP contribution >= 0.6 is 79.6 Å². The quantitative estimate of drug-likeness (QED) is 0.0656. The first-order chi connectivity index (χ1) is 72.5. The zero-order valence-corrected chi connectivity index (χ0v) is 88.5. The van der Waals surface area contributed by atoms with E-state index < -0.39 is 0 Å². The summed E-state index contributed by atoms with van der Waals surface area (Å²) in [6.45, 7) is 8.40. The van der Waals surface area contributed by atoms with Gasteiger partial charge in [0, 0.05) is 57.2 Å². The van der Waals surface area contributed by atoms with Crippen molar-refractivity contribution >= 4 is 330 Å². The van der Waals surface area contributed by atoms with Gasteiger partial charge >= 0.3 is 7.12 Å². The Labute approximate surface area is 900 Å². The molecule has 0 aliphatic carbocycles. The van der Waals surface area contributed by atoms with E-state index in [0.29, 0.717) is 0 Å². The van der Waals surface area contributed by atoms with Crippen LogP contribution in [0, 0.1) is 0 Å². The first-order valence-corrected chi connectivity index (χ1v) is 54.6. The number of para-hydroxylation sites is 4. The highest BCUT2D eigenvalue weighted by atomic mass is 79.9. The fourth-order valence-electron chi connectivity index (χ4n) is 26.1. The zero-order valence-electron chi connectivity index (χ0n) is 80.6. The van der Waals surface area contributed by atoms with Gasteiger partial charge < -0.3 is 18.4 Å². The maximum absolute atomic E-state index is 6.32. The average Bonchev–Trinajstić information content (AvgIpc) is 1.67. The van der Waals surface area contributed by atoms with E-state index in [1.165, 1.54) is 282 Å². The van der Waals surface area contributed by atoms with E-state index in [9.17, 15) is 0 Å². The molecule has 32 aromatic rings. The predicted octanol–water partition coefficient (Wildman–Crippen LogP) is 41.7. The molecule has 0 unspecified atom stereocenters. The van der Waals surface area contributed by atoms with Gasteiger partial charge in [0.2, 0.25) is 0 Å². The summed E-state index contributed by atoms with van der Waals surface area (Å²) in [7, 11) is -0.338. The summed E-state index contributed by atoms with van der Waals surface area (Å²) in [5, 5.41) is 50.1. The predicted molar refractivity (Wildman–Crippen MR) is 658 cm³/mol. The molecule has 4 nitrogen and oxygen atoms in total. The Morgan fingerprint density at radius 2 is 0.362 bits per heavy atom. The van der Waals surface area contributed by atoms with Crippen molar-refractivity contribution in [1.82, 2.24) is 9.13 Å². The largest absolute Gasteiger partial charge is 0.495 e. The lowest BCUT2D eigenvalue weighted by Gasteiger charge is -2.32. The van der Waals surface area contributed by atoms with E-state index in [1.54, 1.807) is 0 Å². The number of aromatic nitrogens is 2. The molecule has 1 fully saturated rings. The first-order valence-electron chi connectivity index (χ1n) is 50.6. The third kappa shape index (κ3) is 12.8. The second-order valence-corrected chi connectivity index (χ2v) is 45.3. The van der Waals surface area contributed by atoms with Crippen molar-refractivity contribution in [1.29, 1.82) is 0 Å². The minimum absolute atomic E-state index is 0. The van der Waals surface area contributed by atoms with Crippen LogP contribution in [-0.4, -0.2) is 27.5 Å². The van der Waals surface area contributed by atoms with Crippen LogP contribution < -0.4 is 5.46 Å². The van der Waals surface area contributed by atoms with Gasteiger partial charge in [-0.1, -0.05) is 408 Å². The molecule has 0 bridgehead atoms. The number of fused-ring (bicyclic) bond motifs is 6. The number of rotatable bonds is 8. The Morgan fingerprint density at radius 3 is 0.624 bits per heavy atom. The molecule has 33 rings (SSSR count). The second-order valence-electron chi connectivity index (χ2n) is 41.3. The summed E-state index contributed by atoms with van der Waals surface area (Å²) in [4.78, 5) is 0. The Hall–Kier alpha value is -15.2. The van der Waals surface area contributed by atoms with Crippen LogP contribution in [0.2, 0.25) is 0 Å². The van der Waals surface area contributed by atoms with Gasteiger partial charge in [-0.05, 0) is 364 Å². The molecule has 1 saturated heterocycles. The fourth-order valence-corrected chi connectivity index (χ4v) is 29.5. The number of hydrogen-bond donors (Lipinski definition) is 0. The standard InChI is InChI=1S/C98H53N.C22H21BO2.C18H8Br5N.CH4/c1-3-22-81-69(20-1)70-21-2-4-23-82(70)99(81)98-96(79-52-42-67-32-27-57-13-8-18-62-37-47-74(79)91(67)86(57)62)94(77-50-40-65-30-25-55-11-6-16-60-35-45-72(77)89(65)84(55)60)93(76-49-39-64-29-24-54-10-5-15-59-34-44-71(76)88(64)83(54)59)95(78-51-41-66-31-26-56-12-7-17-61-36-46-73(78)90(66)85(56)61)97(98)80-53-43-68-33-28-58-14-9-19-63-38-48-75(80)92(68)87(58)63;1-21(2)22(3,4)25-23(24-21)18-13-11-16-9-8-14-6-5-7-15-10-12-17(18)20(16)19(14)15;19-13-14(20)16(22)18(17(23)15(13)21)24-11-7-3-1-5-9(11)10-6-2-4-8-12(10)24;/h1-53H;5-13H,1-4H3;1-8H;1H4. The molecule has 30 aromatic carbocycles. The molecule has 0 radical (unpaired) electrons. The van der Waals surface area contributed by atoms with Crippen molar-refractivity contribution in [3.05, 3.63) is 447 Å². The van der Waals surface area contributed by atoms with Gasteiger partial charge in [-0.15, -0.1) is 0 Å². The number of benzene rings is 30. The van der Waals surface area contributed by atoms with Crippen LogP contribution in [0.15, 0.2) is 447 Å². The Morgan fingerprint density at radius 1 is 0.174 bits per heavy atom. The van der Waals surface area contributed by atoms with Crippen molar-refractivity contribution < 1.29 is 9.31 Å². The van der Waals surface area contributed by atoms with Crippen molar-refractivity contribution in [3.63, 3.8) is 0 Å². The summed E-state index contributed by atoms with van der Waals surface area (Å²) in [6, 6.07) is 162. The van der Waals surface area contributed by atoms with Crippen LogP contribution in [0.3, 0.4) is 0 Å². The third-order valence-corrected chi connectivity index (χ3v) is 39.4. The Balaban J connectivity index is 0.000000166. The Bertz CT molecular complexity index is 10800. The van der Waals surface area contributed by atoms with Crippen molar-refractivity contribution in [3.8, 4) is 67.0 Å². The van der Waals surface area contributed by atoms with E-state index in [-0.39, 0.29) is 25.7 Å². The lowest BCUT2D eigenvalue weighted by molar-refractivity contribution is 0.00578. The van der Waals surface area contributed by atoms with Crippen LogP contribution in [-0.2, 0) is 9.31 Å². The third-order valence-electron chi connectivity index (χ3n) is 33.3. The van der Waals surface area contributed by atoms with Gasteiger partial charge in [0.25, 0.3) is 0 Å². The lowest BCUT2D eigenvalue weighted by Crippen LogP contribution is -2.41. The van der Waals surface area contributed by atoms with E-state index in [1.807, 2.05) is 0 Å². The SMILES string of the molecule is Brc1c(Br)c(Br)c(-n2c3ccccc3c3ccccc32)c(Br)c1Br.C.CC1(C)OB(c2ccc3ccc4cccc5ccc2c3c45)OC1(C)C.c1cc2ccc3ccc(-c4c(-c5ccc6ccc7cccc8ccc5c6c78)c(-c5ccc6ccc7cccc8ccc5c6c78)c(-n5c6ccccc6c6ccccc65)c(-c5ccc6ccc7cccc8ccc5c6c78)c4-c4ccc5ccc6cccc7ccc4c5c67)c4ccc(c1)c2c34. The van der Waals surface area contributed by atoms with Gasteiger partial charge in [0.1, 0.15) is 0 Å². The van der Waals surface area contributed by atoms with Gasteiger partial charge in [0.15, 0.2) is 0 Å². The molecule has 1 aliphatic heterocycles. The highest BCUT2D eigenvalue weighted by molar-refractivity contribution is 9.15. The van der Waals surface area contributed by atoms with E-state index >= 15 is 0 Å². The Kier molecular flexibility index (Phi) is 19.8. The summed E-state index contributed by atoms with van der Waals surface area (Å²) in [5.74, 6) is 0. The molecule has 0 amide bonds. The minimum Gasteiger partial charge on any atom is -0.399 e. The van der Waals surface area contributed by atoms with Crippen LogP contribution in [0.4, 0.5) is 0 Å². The molecule has 702 valence electrons. The normalized spacial score (nSPS) is 13.5. The van der Waals surface area contributed by atoms with Gasteiger partial charge in [0.05, 0.1) is 53.6 Å². The smallest absolute Gasteiger partial charge is 0.399 e. The van der Waals surface area contributed by atoms with Gasteiger partial charge in [-0.3, -0.25) is 0 Å². The molecule has 3 heterocycles. The maximum Gasteiger partial charge on any atom is 0.495 e. The van der Waals surface area contributed by atoms with E-state index in [4.69, 9.17) is 9.31 Å². The van der Waals surface area contributed by atoms with Gasteiger partial charge in [-0.25, -0.2) is 0 Å². The molecule has 1 aliphatic rings. The summed E-state index contributed by atoms with van der Waals surface area (Å²) >= 11 is 18.5. The zero-order chi connectivity index (χ0) is 98.4. The van der Waals surface area contributed by atoms with Crippen molar-refractivity contribution in [2.75, 3.05) is 0 Å². The molecule has 149 heavy (non-hydrogen) atoms. The van der Waals surface area contributed by atoms with Crippen LogP contribution in [0.5, 0.6) is 0 Å². The minimum atomic E-state index is -0.338. The van der Waals surface area contributed by atoms with E-state index in [0.717, 1.165) is 50.2 Å². The van der Waals surface area contributed by atoms with E-state index in [2.05, 4.69) is 541 Å². The molecule has 2 aromatic heterocycles. The summed E-state index contributed by atoms with van der Waals surface area (Å²) < 4.78 is 22.5. The summed E-state index contributed by atoms with van der Waals surface area (Å²) in [6.07, 6.45) is 0. The number of hydrogen-bond acceptors (Lipinski definition) is 2. The topological polar surface area (TPSA) is 28.3 Å². The lowest BCUT2D eigenvalue weighted by atomic mass is 9.73. The van der Waals surface area contributed by atoms with Crippen molar-refractivity contribution in [2.24, 2.45) is 0 Å². The molecule has 10 heteroatoms. The fraction of sp³-hybridized carbons (Fsp3) is 0.0504. The molecular formula is C139H86BBr5N2O2. The molecule has 0 atom stereocenters. The molecular weight excluding hydrogens is 2140 g/mol. The molecule has 0 spiro atoms. The van der Waals surface area contributed by atoms with Gasteiger partial charge in [-0.2, -0.15) is 0 Å². The molecule has 0 saturated carbocycles. The van der Waals surface area contributed by atoms with Crippen molar-refractivity contribution in [2.45, 2.75) is 46.3 Å².